The number of carboxylic acids is 1. The maximum Gasteiger partial charge on any atom is 0.326 e. The van der Waals surface area contributed by atoms with Gasteiger partial charge in [0.15, 0.2) is 5.69 Å². The van der Waals surface area contributed by atoms with Gasteiger partial charge in [-0.15, -0.1) is 0 Å². The van der Waals surface area contributed by atoms with Gasteiger partial charge in [0.1, 0.15) is 11.9 Å². The standard InChI is InChI=1S/C16H16FN3O3/c1-9-8-11(17)4-5-13(9)20-7-6-12(19-20)15(21)18-14(16(22)23)10-2-3-10/h4-8,10,14H,2-3H2,1H3,(H,18,21)(H,22,23). The normalized spacial score (nSPS) is 15.2. The average Bonchev–Trinajstić information content (AvgIpc) is 3.21. The van der Waals surface area contributed by atoms with Crippen LogP contribution >= 0.6 is 0 Å². The first-order valence-corrected chi connectivity index (χ1v) is 7.31. The van der Waals surface area contributed by atoms with Gasteiger partial charge in [-0.3, -0.25) is 4.79 Å². The second kappa shape index (κ2) is 5.83. The molecule has 1 amide bonds. The van der Waals surface area contributed by atoms with Crippen LogP contribution in [-0.2, 0) is 4.79 Å². The van der Waals surface area contributed by atoms with E-state index in [0.29, 0.717) is 11.3 Å². The Hall–Kier alpha value is -2.70. The molecule has 1 aromatic heterocycles. The number of carbonyl (C=O) groups excluding carboxylic acids is 1. The number of nitrogens with one attached hydrogen (secondary N) is 1. The van der Waals surface area contributed by atoms with Gasteiger partial charge < -0.3 is 10.4 Å². The molecule has 0 bridgehead atoms. The van der Waals surface area contributed by atoms with Crippen LogP contribution in [0.1, 0.15) is 28.9 Å². The van der Waals surface area contributed by atoms with Crippen LogP contribution in [0.3, 0.4) is 0 Å². The number of aromatic nitrogens is 2. The van der Waals surface area contributed by atoms with Crippen molar-refractivity contribution >= 4 is 11.9 Å². The molecule has 120 valence electrons. The van der Waals surface area contributed by atoms with E-state index in [2.05, 4.69) is 10.4 Å². The average molecular weight is 317 g/mol. The highest BCUT2D eigenvalue weighted by atomic mass is 19.1. The van der Waals surface area contributed by atoms with Crippen molar-refractivity contribution in [3.05, 3.63) is 47.5 Å². The van der Waals surface area contributed by atoms with E-state index < -0.39 is 17.9 Å². The van der Waals surface area contributed by atoms with Crippen molar-refractivity contribution in [1.29, 1.82) is 0 Å². The van der Waals surface area contributed by atoms with E-state index in [1.165, 1.54) is 22.9 Å². The zero-order chi connectivity index (χ0) is 16.6. The topological polar surface area (TPSA) is 84.2 Å². The number of aryl methyl sites for hydroxylation is 1. The number of rotatable bonds is 5. The fourth-order valence-corrected chi connectivity index (χ4v) is 2.48. The molecule has 1 unspecified atom stereocenters. The number of hydrogen-bond acceptors (Lipinski definition) is 3. The highest BCUT2D eigenvalue weighted by Crippen LogP contribution is 2.32. The molecule has 1 heterocycles. The Labute approximate surface area is 131 Å². The Balaban J connectivity index is 1.78. The SMILES string of the molecule is Cc1cc(F)ccc1-n1ccc(C(=O)NC(C(=O)O)C2CC2)n1. The Kier molecular flexibility index (Phi) is 3.85. The number of benzene rings is 1. The molecule has 1 aromatic carbocycles. The molecule has 1 aliphatic rings. The van der Waals surface area contributed by atoms with Crippen molar-refractivity contribution in [2.24, 2.45) is 5.92 Å². The van der Waals surface area contributed by atoms with E-state index in [1.54, 1.807) is 19.2 Å². The third-order valence-electron chi connectivity index (χ3n) is 3.87. The van der Waals surface area contributed by atoms with Crippen LogP contribution in [0, 0.1) is 18.7 Å². The molecule has 0 radical (unpaired) electrons. The first-order chi connectivity index (χ1) is 11.0. The molecular weight excluding hydrogens is 301 g/mol. The van der Waals surface area contributed by atoms with Gasteiger partial charge in [-0.2, -0.15) is 5.10 Å². The minimum absolute atomic E-state index is 0.00196. The van der Waals surface area contributed by atoms with Crippen LogP contribution in [0.2, 0.25) is 0 Å². The molecule has 1 aliphatic carbocycles. The Morgan fingerprint density at radius 3 is 2.74 bits per heavy atom. The molecule has 1 atom stereocenters. The fourth-order valence-electron chi connectivity index (χ4n) is 2.48. The number of carboxylic acid groups (broad SMARTS) is 1. The largest absolute Gasteiger partial charge is 0.480 e. The molecule has 0 spiro atoms. The van der Waals surface area contributed by atoms with Gasteiger partial charge >= 0.3 is 5.97 Å². The van der Waals surface area contributed by atoms with Crippen molar-refractivity contribution in [3.63, 3.8) is 0 Å². The lowest BCUT2D eigenvalue weighted by Crippen LogP contribution is -2.42. The van der Waals surface area contributed by atoms with E-state index in [4.69, 9.17) is 5.11 Å². The number of hydrogen-bond donors (Lipinski definition) is 2. The maximum atomic E-state index is 13.1. The zero-order valence-electron chi connectivity index (χ0n) is 12.5. The molecule has 2 aromatic rings. The summed E-state index contributed by atoms with van der Waals surface area (Å²) >= 11 is 0. The summed E-state index contributed by atoms with van der Waals surface area (Å²) in [6, 6.07) is 4.90. The predicted octanol–water partition coefficient (Wildman–Crippen LogP) is 1.91. The van der Waals surface area contributed by atoms with E-state index in [-0.39, 0.29) is 17.4 Å². The van der Waals surface area contributed by atoms with Gasteiger partial charge in [-0.1, -0.05) is 0 Å². The molecule has 0 aliphatic heterocycles. The molecule has 1 saturated carbocycles. The van der Waals surface area contributed by atoms with Crippen LogP contribution in [0.15, 0.2) is 30.5 Å². The van der Waals surface area contributed by atoms with Crippen molar-refractivity contribution < 1.29 is 19.1 Å². The van der Waals surface area contributed by atoms with Gasteiger partial charge in [0.25, 0.3) is 5.91 Å². The third kappa shape index (κ3) is 3.23. The summed E-state index contributed by atoms with van der Waals surface area (Å²) in [6.45, 7) is 1.74. The first kappa shape index (κ1) is 15.2. The minimum atomic E-state index is -1.03. The van der Waals surface area contributed by atoms with Gasteiger partial charge in [-0.25, -0.2) is 13.9 Å². The van der Waals surface area contributed by atoms with Crippen molar-refractivity contribution in [2.75, 3.05) is 0 Å². The molecule has 0 saturated heterocycles. The number of halogens is 1. The Morgan fingerprint density at radius 2 is 2.13 bits per heavy atom. The lowest BCUT2D eigenvalue weighted by molar-refractivity contribution is -0.139. The summed E-state index contributed by atoms with van der Waals surface area (Å²) in [6.07, 6.45) is 3.20. The quantitative estimate of drug-likeness (QED) is 0.882. The first-order valence-electron chi connectivity index (χ1n) is 7.31. The van der Waals surface area contributed by atoms with Crippen LogP contribution in [0.4, 0.5) is 4.39 Å². The summed E-state index contributed by atoms with van der Waals surface area (Å²) in [5.74, 6) is -1.90. The maximum absolute atomic E-state index is 13.1. The van der Waals surface area contributed by atoms with E-state index in [9.17, 15) is 14.0 Å². The Bertz CT molecular complexity index is 768. The van der Waals surface area contributed by atoms with Crippen molar-refractivity contribution in [2.45, 2.75) is 25.8 Å². The minimum Gasteiger partial charge on any atom is -0.480 e. The second-order valence-electron chi connectivity index (χ2n) is 5.70. The molecule has 6 nitrogen and oxygen atoms in total. The highest BCUT2D eigenvalue weighted by Gasteiger charge is 2.37. The lowest BCUT2D eigenvalue weighted by atomic mass is 10.2. The predicted molar refractivity (Wildman–Crippen MR) is 79.9 cm³/mol. The second-order valence-corrected chi connectivity index (χ2v) is 5.70. The monoisotopic (exact) mass is 317 g/mol. The molecule has 23 heavy (non-hydrogen) atoms. The van der Waals surface area contributed by atoms with Crippen LogP contribution in [0.25, 0.3) is 5.69 Å². The molecule has 3 rings (SSSR count). The summed E-state index contributed by atoms with van der Waals surface area (Å²) in [7, 11) is 0. The highest BCUT2D eigenvalue weighted by molar-refractivity contribution is 5.95. The van der Waals surface area contributed by atoms with E-state index in [0.717, 1.165) is 12.8 Å². The third-order valence-corrected chi connectivity index (χ3v) is 3.87. The van der Waals surface area contributed by atoms with E-state index in [1.807, 2.05) is 0 Å². The molecular formula is C16H16FN3O3. The summed E-state index contributed by atoms with van der Waals surface area (Å²) in [5, 5.41) is 15.8. The summed E-state index contributed by atoms with van der Waals surface area (Å²) in [5.41, 5.74) is 1.46. The van der Waals surface area contributed by atoms with Crippen LogP contribution in [0.5, 0.6) is 0 Å². The fraction of sp³-hybridized carbons (Fsp3) is 0.312. The number of nitrogens with zero attached hydrogens (tertiary/aromatic N) is 2. The summed E-state index contributed by atoms with van der Waals surface area (Å²) < 4.78 is 14.6. The number of aliphatic carboxylic acids is 1. The molecule has 2 N–H and O–H groups in total. The van der Waals surface area contributed by atoms with Crippen molar-refractivity contribution in [3.8, 4) is 5.69 Å². The zero-order valence-corrected chi connectivity index (χ0v) is 12.5. The van der Waals surface area contributed by atoms with Crippen LogP contribution < -0.4 is 5.32 Å². The van der Waals surface area contributed by atoms with E-state index >= 15 is 0 Å². The number of amides is 1. The number of carbonyl (C=O) groups is 2. The smallest absolute Gasteiger partial charge is 0.326 e. The summed E-state index contributed by atoms with van der Waals surface area (Å²) in [4.78, 5) is 23.3. The Morgan fingerprint density at radius 1 is 1.39 bits per heavy atom. The van der Waals surface area contributed by atoms with Crippen LogP contribution in [-0.4, -0.2) is 32.8 Å². The lowest BCUT2D eigenvalue weighted by Gasteiger charge is -2.12. The van der Waals surface area contributed by atoms with Gasteiger partial charge in [-0.05, 0) is 55.5 Å². The van der Waals surface area contributed by atoms with Gasteiger partial charge in [0.05, 0.1) is 5.69 Å². The van der Waals surface area contributed by atoms with Gasteiger partial charge in [0, 0.05) is 6.20 Å². The van der Waals surface area contributed by atoms with Gasteiger partial charge in [0.2, 0.25) is 0 Å². The molecule has 1 fully saturated rings. The van der Waals surface area contributed by atoms with Crippen molar-refractivity contribution in [1.82, 2.24) is 15.1 Å². The molecule has 7 heteroatoms.